The third kappa shape index (κ3) is 4.24. The summed E-state index contributed by atoms with van der Waals surface area (Å²) in [5, 5.41) is 15.5. The van der Waals surface area contributed by atoms with Gasteiger partial charge in [-0.15, -0.1) is 0 Å². The molecule has 0 radical (unpaired) electrons. The molecular formula is C22H32N4O2. The van der Waals surface area contributed by atoms with Gasteiger partial charge in [0.1, 0.15) is 12.4 Å². The molecule has 0 aliphatic carbocycles. The number of likely N-dealkylation sites (tertiary alicyclic amines) is 1. The highest BCUT2D eigenvalue weighted by Gasteiger charge is 2.34. The Balaban J connectivity index is 1.47. The molecule has 2 aromatic rings. The molecule has 1 N–H and O–H groups in total. The second kappa shape index (κ2) is 8.23. The van der Waals surface area contributed by atoms with E-state index in [9.17, 15) is 5.11 Å². The number of aliphatic hydroxyl groups is 1. The molecule has 0 saturated carbocycles. The summed E-state index contributed by atoms with van der Waals surface area (Å²) < 4.78 is 8.02. The largest absolute Gasteiger partial charge is 0.492 e. The van der Waals surface area contributed by atoms with Crippen LogP contribution in [0.15, 0.2) is 36.7 Å². The van der Waals surface area contributed by atoms with Crippen molar-refractivity contribution in [1.82, 2.24) is 19.6 Å². The molecule has 1 unspecified atom stereocenters. The second-order valence-electron chi connectivity index (χ2n) is 8.38. The van der Waals surface area contributed by atoms with Crippen LogP contribution >= 0.6 is 0 Å². The van der Waals surface area contributed by atoms with Gasteiger partial charge < -0.3 is 14.7 Å². The number of aromatic nitrogens is 2. The van der Waals surface area contributed by atoms with Crippen LogP contribution in [-0.2, 0) is 18.7 Å². The van der Waals surface area contributed by atoms with Crippen LogP contribution in [0.3, 0.4) is 0 Å². The van der Waals surface area contributed by atoms with Crippen LogP contribution in [0.25, 0.3) is 0 Å². The molecule has 28 heavy (non-hydrogen) atoms. The summed E-state index contributed by atoms with van der Waals surface area (Å²) in [6.45, 7) is 7.54. The highest BCUT2D eigenvalue weighted by atomic mass is 16.5. The van der Waals surface area contributed by atoms with Gasteiger partial charge in [-0.1, -0.05) is 6.07 Å². The fourth-order valence-corrected chi connectivity index (χ4v) is 4.29. The maximum atomic E-state index is 11.2. The van der Waals surface area contributed by atoms with Gasteiger partial charge in [-0.05, 0) is 57.0 Å². The Labute approximate surface area is 167 Å². The van der Waals surface area contributed by atoms with Crippen molar-refractivity contribution in [2.75, 3.05) is 33.3 Å². The summed E-state index contributed by atoms with van der Waals surface area (Å²) in [4.78, 5) is 4.77. The molecule has 3 heterocycles. The lowest BCUT2D eigenvalue weighted by atomic mass is 9.84. The first-order chi connectivity index (χ1) is 13.5. The lowest BCUT2D eigenvalue weighted by Crippen LogP contribution is -2.40. The molecule has 2 aliphatic rings. The molecule has 1 atom stereocenters. The average Bonchev–Trinajstić information content (AvgIpc) is 3.13. The van der Waals surface area contributed by atoms with E-state index in [4.69, 9.17) is 4.74 Å². The van der Waals surface area contributed by atoms with Gasteiger partial charge in [-0.2, -0.15) is 5.10 Å². The van der Waals surface area contributed by atoms with Crippen LogP contribution < -0.4 is 4.74 Å². The molecule has 0 amide bonds. The molecule has 6 heteroatoms. The van der Waals surface area contributed by atoms with Gasteiger partial charge in [0.25, 0.3) is 0 Å². The average molecular weight is 385 g/mol. The Morgan fingerprint density at radius 1 is 1.25 bits per heavy atom. The Hall–Kier alpha value is -1.89. The summed E-state index contributed by atoms with van der Waals surface area (Å²) in [6, 6.07) is 8.70. The highest BCUT2D eigenvalue weighted by molar-refractivity contribution is 5.40. The highest BCUT2D eigenvalue weighted by Crippen LogP contribution is 2.36. The zero-order chi connectivity index (χ0) is 19.6. The molecule has 4 rings (SSSR count). The minimum absolute atomic E-state index is 0.439. The number of rotatable bonds is 5. The van der Waals surface area contributed by atoms with Crippen molar-refractivity contribution >= 4 is 0 Å². The first-order valence-electron chi connectivity index (χ1n) is 10.4. The van der Waals surface area contributed by atoms with Crippen molar-refractivity contribution in [3.05, 3.63) is 47.8 Å². The molecule has 1 aromatic heterocycles. The predicted molar refractivity (Wildman–Crippen MR) is 109 cm³/mol. The molecule has 152 valence electrons. The summed E-state index contributed by atoms with van der Waals surface area (Å²) in [5.41, 5.74) is 1.51. The Bertz CT molecular complexity index is 769. The third-order valence-electron chi connectivity index (χ3n) is 6.38. The van der Waals surface area contributed by atoms with E-state index >= 15 is 0 Å². The van der Waals surface area contributed by atoms with Gasteiger partial charge >= 0.3 is 0 Å². The van der Waals surface area contributed by atoms with E-state index in [0.717, 1.165) is 63.3 Å². The lowest BCUT2D eigenvalue weighted by molar-refractivity contribution is -0.0204. The van der Waals surface area contributed by atoms with Crippen LogP contribution in [0.2, 0.25) is 0 Å². The van der Waals surface area contributed by atoms with Gasteiger partial charge in [-0.3, -0.25) is 9.58 Å². The van der Waals surface area contributed by atoms with Crippen LogP contribution in [0.5, 0.6) is 5.75 Å². The number of benzene rings is 1. The summed E-state index contributed by atoms with van der Waals surface area (Å²) in [6.07, 6.45) is 6.46. The molecule has 0 spiro atoms. The molecular weight excluding hydrogens is 352 g/mol. The quantitative estimate of drug-likeness (QED) is 0.858. The minimum atomic E-state index is -0.718. The summed E-state index contributed by atoms with van der Waals surface area (Å²) in [7, 11) is 2.12. The SMILES string of the molecule is CC(CCn1cccn1)N1CCOc2ccc(C3(O)CCN(C)CC3)cc2C1. The number of hydrogen-bond donors (Lipinski definition) is 1. The predicted octanol–water partition coefficient (Wildman–Crippen LogP) is 2.47. The Morgan fingerprint density at radius 2 is 2.07 bits per heavy atom. The monoisotopic (exact) mass is 384 g/mol. The van der Waals surface area contributed by atoms with E-state index in [2.05, 4.69) is 47.1 Å². The Kier molecular flexibility index (Phi) is 5.71. The van der Waals surface area contributed by atoms with Crippen LogP contribution in [-0.4, -0.2) is 64.0 Å². The number of fused-ring (bicyclic) bond motifs is 1. The zero-order valence-electron chi connectivity index (χ0n) is 17.0. The van der Waals surface area contributed by atoms with E-state index in [1.165, 1.54) is 5.56 Å². The molecule has 2 aliphatic heterocycles. The van der Waals surface area contributed by atoms with Crippen molar-refractivity contribution in [3.8, 4) is 5.75 Å². The molecule has 1 aromatic carbocycles. The lowest BCUT2D eigenvalue weighted by Gasteiger charge is -2.37. The summed E-state index contributed by atoms with van der Waals surface area (Å²) >= 11 is 0. The van der Waals surface area contributed by atoms with E-state index < -0.39 is 5.60 Å². The number of piperidine rings is 1. The van der Waals surface area contributed by atoms with Crippen molar-refractivity contribution in [3.63, 3.8) is 0 Å². The van der Waals surface area contributed by atoms with Crippen molar-refractivity contribution in [2.24, 2.45) is 0 Å². The molecule has 6 nitrogen and oxygen atoms in total. The second-order valence-corrected chi connectivity index (χ2v) is 8.38. The van der Waals surface area contributed by atoms with Gasteiger partial charge in [0.15, 0.2) is 0 Å². The van der Waals surface area contributed by atoms with E-state index in [-0.39, 0.29) is 0 Å². The third-order valence-corrected chi connectivity index (χ3v) is 6.38. The number of nitrogens with zero attached hydrogens (tertiary/aromatic N) is 4. The van der Waals surface area contributed by atoms with Crippen LogP contribution in [0.4, 0.5) is 0 Å². The molecule has 1 saturated heterocycles. The smallest absolute Gasteiger partial charge is 0.123 e. The standard InChI is InChI=1S/C22H32N4O2/c1-18(6-11-26-10-3-9-23-26)25-14-15-28-21-5-4-20(16-19(21)17-25)22(27)7-12-24(2)13-8-22/h3-5,9-10,16,18,27H,6-8,11-15,17H2,1-2H3. The fraction of sp³-hybridized carbons (Fsp3) is 0.591. The number of hydrogen-bond acceptors (Lipinski definition) is 5. The Morgan fingerprint density at radius 3 is 2.82 bits per heavy atom. The number of aryl methyl sites for hydroxylation is 1. The summed E-state index contributed by atoms with van der Waals surface area (Å²) in [5.74, 6) is 0.960. The molecule has 1 fully saturated rings. The number of ether oxygens (including phenoxy) is 1. The van der Waals surface area contributed by atoms with Gasteiger partial charge in [0.05, 0.1) is 5.60 Å². The zero-order valence-corrected chi connectivity index (χ0v) is 17.0. The van der Waals surface area contributed by atoms with Gasteiger partial charge in [0, 0.05) is 56.7 Å². The van der Waals surface area contributed by atoms with Crippen molar-refractivity contribution in [1.29, 1.82) is 0 Å². The fourth-order valence-electron chi connectivity index (χ4n) is 4.29. The maximum absolute atomic E-state index is 11.2. The van der Waals surface area contributed by atoms with Crippen molar-refractivity contribution < 1.29 is 9.84 Å². The van der Waals surface area contributed by atoms with E-state index in [1.807, 2.05) is 23.1 Å². The van der Waals surface area contributed by atoms with Gasteiger partial charge in [-0.25, -0.2) is 0 Å². The maximum Gasteiger partial charge on any atom is 0.123 e. The van der Waals surface area contributed by atoms with Crippen molar-refractivity contribution in [2.45, 2.75) is 50.9 Å². The minimum Gasteiger partial charge on any atom is -0.492 e. The topological polar surface area (TPSA) is 53.8 Å². The van der Waals surface area contributed by atoms with Crippen LogP contribution in [0.1, 0.15) is 37.3 Å². The first-order valence-corrected chi connectivity index (χ1v) is 10.4. The first kappa shape index (κ1) is 19.4. The normalized spacial score (nSPS) is 21.5. The van der Waals surface area contributed by atoms with Gasteiger partial charge in [0.2, 0.25) is 0 Å². The van der Waals surface area contributed by atoms with E-state index in [1.54, 1.807) is 0 Å². The molecule has 0 bridgehead atoms. The van der Waals surface area contributed by atoms with Crippen LogP contribution in [0, 0.1) is 0 Å². The van der Waals surface area contributed by atoms with E-state index in [0.29, 0.717) is 12.6 Å².